The Kier molecular flexibility index (Phi) is 7.51. The maximum absolute atomic E-state index is 9.15. The van der Waals surface area contributed by atoms with Crippen LogP contribution in [0, 0.1) is 5.92 Å². The summed E-state index contributed by atoms with van der Waals surface area (Å²) in [5, 5.41) is 9.15. The van der Waals surface area contributed by atoms with Crippen LogP contribution in [0.4, 0.5) is 0 Å². The molecule has 0 heterocycles. The number of hydrogen-bond donors (Lipinski definition) is 2. The molecule has 2 heteroatoms. The van der Waals surface area contributed by atoms with Crippen LogP contribution in [0.5, 0.6) is 0 Å². The molecular weight excluding hydrogens is 150 g/mol. The summed E-state index contributed by atoms with van der Waals surface area (Å²) in [6.07, 6.45) is 6.51. The monoisotopic (exact) mass is 173 g/mol. The summed E-state index contributed by atoms with van der Waals surface area (Å²) in [6, 6.07) is 0. The quantitative estimate of drug-likeness (QED) is 0.458. The molecule has 0 aromatic rings. The maximum atomic E-state index is 9.15. The molecule has 0 aromatic heterocycles. The van der Waals surface area contributed by atoms with E-state index < -0.39 is 6.23 Å². The second-order valence-corrected chi connectivity index (χ2v) is 3.51. The highest BCUT2D eigenvalue weighted by molar-refractivity contribution is 4.61. The van der Waals surface area contributed by atoms with E-state index in [9.17, 15) is 0 Å². The van der Waals surface area contributed by atoms with Crippen LogP contribution in [0.1, 0.15) is 52.4 Å². The average molecular weight is 173 g/mol. The standard InChI is InChI=1S/C10H23NO/c1-3-5-6-7-8-9(4-2)10(11)12/h9-10,12H,3-8,11H2,1-2H3. The Labute approximate surface area is 76.2 Å². The molecule has 74 valence electrons. The zero-order valence-electron chi connectivity index (χ0n) is 8.42. The lowest BCUT2D eigenvalue weighted by atomic mass is 9.97. The first-order chi connectivity index (χ1) is 5.72. The summed E-state index contributed by atoms with van der Waals surface area (Å²) in [6.45, 7) is 4.29. The Morgan fingerprint density at radius 3 is 2.25 bits per heavy atom. The van der Waals surface area contributed by atoms with Gasteiger partial charge in [-0.05, 0) is 18.8 Å². The van der Waals surface area contributed by atoms with E-state index in [0.29, 0.717) is 5.92 Å². The maximum Gasteiger partial charge on any atom is 0.105 e. The number of aliphatic hydroxyl groups is 1. The number of rotatable bonds is 7. The van der Waals surface area contributed by atoms with E-state index in [1.54, 1.807) is 0 Å². The molecule has 0 saturated carbocycles. The Hall–Kier alpha value is -0.0800. The van der Waals surface area contributed by atoms with Crippen molar-refractivity contribution in [1.82, 2.24) is 0 Å². The second-order valence-electron chi connectivity index (χ2n) is 3.51. The van der Waals surface area contributed by atoms with Gasteiger partial charge in [-0.2, -0.15) is 0 Å². The van der Waals surface area contributed by atoms with Gasteiger partial charge in [-0.25, -0.2) is 0 Å². The SMILES string of the molecule is CCCCCCC(CC)C(N)O. The summed E-state index contributed by atoms with van der Waals surface area (Å²) in [7, 11) is 0. The molecular formula is C10H23NO. The van der Waals surface area contributed by atoms with Crippen LogP contribution in [0.25, 0.3) is 0 Å². The van der Waals surface area contributed by atoms with Gasteiger partial charge in [-0.15, -0.1) is 0 Å². The Morgan fingerprint density at radius 2 is 1.83 bits per heavy atom. The van der Waals surface area contributed by atoms with E-state index in [0.717, 1.165) is 12.8 Å². The molecule has 0 amide bonds. The van der Waals surface area contributed by atoms with Crippen molar-refractivity contribution >= 4 is 0 Å². The minimum Gasteiger partial charge on any atom is -0.379 e. The predicted molar refractivity (Wildman–Crippen MR) is 52.7 cm³/mol. The van der Waals surface area contributed by atoms with Crippen molar-refractivity contribution in [2.75, 3.05) is 0 Å². The minimum atomic E-state index is -0.614. The van der Waals surface area contributed by atoms with Crippen molar-refractivity contribution in [2.24, 2.45) is 11.7 Å². The van der Waals surface area contributed by atoms with Gasteiger partial charge in [0.2, 0.25) is 0 Å². The summed E-state index contributed by atoms with van der Waals surface area (Å²) in [5.74, 6) is 0.307. The van der Waals surface area contributed by atoms with E-state index in [4.69, 9.17) is 10.8 Å². The van der Waals surface area contributed by atoms with Gasteiger partial charge in [0.25, 0.3) is 0 Å². The molecule has 0 fully saturated rings. The van der Waals surface area contributed by atoms with Crippen molar-refractivity contribution in [3.8, 4) is 0 Å². The molecule has 2 nitrogen and oxygen atoms in total. The van der Waals surface area contributed by atoms with Gasteiger partial charge >= 0.3 is 0 Å². The van der Waals surface area contributed by atoms with Gasteiger partial charge in [-0.3, -0.25) is 0 Å². The molecule has 0 radical (unpaired) electrons. The first kappa shape index (κ1) is 11.9. The Morgan fingerprint density at radius 1 is 1.17 bits per heavy atom. The Balaban J connectivity index is 3.32. The first-order valence-electron chi connectivity index (χ1n) is 5.16. The van der Waals surface area contributed by atoms with Crippen LogP contribution in [0.15, 0.2) is 0 Å². The fraction of sp³-hybridized carbons (Fsp3) is 1.00. The van der Waals surface area contributed by atoms with Gasteiger partial charge in [-0.1, -0.05) is 39.5 Å². The van der Waals surface area contributed by atoms with Gasteiger partial charge in [0.05, 0.1) is 0 Å². The average Bonchev–Trinajstić information content (AvgIpc) is 2.04. The molecule has 2 unspecified atom stereocenters. The molecule has 0 aromatic carbocycles. The van der Waals surface area contributed by atoms with Gasteiger partial charge in [0, 0.05) is 0 Å². The number of nitrogens with two attached hydrogens (primary N) is 1. The molecule has 0 aliphatic carbocycles. The van der Waals surface area contributed by atoms with Crippen molar-refractivity contribution in [3.05, 3.63) is 0 Å². The number of unbranched alkanes of at least 4 members (excludes halogenated alkanes) is 3. The van der Waals surface area contributed by atoms with Crippen LogP contribution < -0.4 is 5.73 Å². The Bertz CT molecular complexity index is 93.8. The van der Waals surface area contributed by atoms with Gasteiger partial charge in [0.15, 0.2) is 0 Å². The smallest absolute Gasteiger partial charge is 0.105 e. The van der Waals surface area contributed by atoms with Crippen LogP contribution >= 0.6 is 0 Å². The van der Waals surface area contributed by atoms with E-state index in [1.165, 1.54) is 25.7 Å². The molecule has 0 aliphatic heterocycles. The second kappa shape index (κ2) is 7.56. The molecule has 0 bridgehead atoms. The molecule has 0 aliphatic rings. The van der Waals surface area contributed by atoms with E-state index >= 15 is 0 Å². The molecule has 12 heavy (non-hydrogen) atoms. The lowest BCUT2D eigenvalue weighted by molar-refractivity contribution is 0.104. The summed E-state index contributed by atoms with van der Waals surface area (Å²) < 4.78 is 0. The fourth-order valence-electron chi connectivity index (χ4n) is 1.45. The highest BCUT2D eigenvalue weighted by Gasteiger charge is 2.11. The lowest BCUT2D eigenvalue weighted by Gasteiger charge is -2.17. The highest BCUT2D eigenvalue weighted by Crippen LogP contribution is 2.15. The lowest BCUT2D eigenvalue weighted by Crippen LogP contribution is -2.28. The highest BCUT2D eigenvalue weighted by atomic mass is 16.3. The summed E-state index contributed by atoms with van der Waals surface area (Å²) >= 11 is 0. The van der Waals surface area contributed by atoms with Gasteiger partial charge < -0.3 is 10.8 Å². The van der Waals surface area contributed by atoms with E-state index in [1.807, 2.05) is 0 Å². The van der Waals surface area contributed by atoms with Crippen LogP contribution in [-0.2, 0) is 0 Å². The topological polar surface area (TPSA) is 46.2 Å². The number of aliphatic hydroxyl groups excluding tert-OH is 1. The molecule has 0 spiro atoms. The summed E-state index contributed by atoms with van der Waals surface area (Å²) in [4.78, 5) is 0. The van der Waals surface area contributed by atoms with Crippen molar-refractivity contribution in [3.63, 3.8) is 0 Å². The zero-order valence-corrected chi connectivity index (χ0v) is 8.42. The van der Waals surface area contributed by atoms with Crippen LogP contribution in [-0.4, -0.2) is 11.3 Å². The summed E-state index contributed by atoms with van der Waals surface area (Å²) in [5.41, 5.74) is 5.42. The molecule has 0 rings (SSSR count). The third kappa shape index (κ3) is 5.56. The zero-order chi connectivity index (χ0) is 9.40. The molecule has 0 saturated heterocycles. The number of hydrogen-bond acceptors (Lipinski definition) is 2. The predicted octanol–water partition coefficient (Wildman–Crippen LogP) is 2.26. The largest absolute Gasteiger partial charge is 0.379 e. The van der Waals surface area contributed by atoms with Gasteiger partial charge in [0.1, 0.15) is 6.23 Å². The van der Waals surface area contributed by atoms with Crippen LogP contribution in [0.3, 0.4) is 0 Å². The van der Waals surface area contributed by atoms with E-state index in [-0.39, 0.29) is 0 Å². The third-order valence-corrected chi connectivity index (χ3v) is 2.44. The molecule has 3 N–H and O–H groups in total. The normalized spacial score (nSPS) is 16.0. The van der Waals surface area contributed by atoms with Crippen LogP contribution in [0.2, 0.25) is 0 Å². The van der Waals surface area contributed by atoms with Crippen molar-refractivity contribution in [2.45, 2.75) is 58.6 Å². The minimum absolute atomic E-state index is 0.307. The fourth-order valence-corrected chi connectivity index (χ4v) is 1.45. The third-order valence-electron chi connectivity index (χ3n) is 2.44. The first-order valence-corrected chi connectivity index (χ1v) is 5.16. The molecule has 2 atom stereocenters. The van der Waals surface area contributed by atoms with E-state index in [2.05, 4.69) is 13.8 Å². The van der Waals surface area contributed by atoms with Crippen molar-refractivity contribution < 1.29 is 5.11 Å². The van der Waals surface area contributed by atoms with Crippen molar-refractivity contribution in [1.29, 1.82) is 0 Å².